The summed E-state index contributed by atoms with van der Waals surface area (Å²) in [5.41, 5.74) is 1.58. The quantitative estimate of drug-likeness (QED) is 0.848. The van der Waals surface area contributed by atoms with E-state index >= 15 is 0 Å². The molecular weight excluding hydrogens is 218 g/mol. The van der Waals surface area contributed by atoms with Gasteiger partial charge in [-0.1, -0.05) is 43.2 Å². The maximum absolute atomic E-state index is 3.40. The van der Waals surface area contributed by atoms with E-state index in [-0.39, 0.29) is 0 Å². The van der Waals surface area contributed by atoms with Crippen molar-refractivity contribution in [3.05, 3.63) is 35.9 Å². The van der Waals surface area contributed by atoms with Gasteiger partial charge in [0.05, 0.1) is 0 Å². The van der Waals surface area contributed by atoms with Crippen LogP contribution < -0.4 is 5.32 Å². The van der Waals surface area contributed by atoms with Crippen LogP contribution in [0.15, 0.2) is 30.3 Å². The van der Waals surface area contributed by atoms with Crippen LogP contribution in [0.4, 0.5) is 0 Å². The predicted molar refractivity (Wildman–Crippen MR) is 76.7 cm³/mol. The van der Waals surface area contributed by atoms with Crippen LogP contribution in [-0.2, 0) is 0 Å². The summed E-state index contributed by atoms with van der Waals surface area (Å²) in [6.45, 7) is 1.22. The summed E-state index contributed by atoms with van der Waals surface area (Å²) in [4.78, 5) is 0. The van der Waals surface area contributed by atoms with E-state index in [0.717, 1.165) is 23.7 Å². The molecular formula is C17H25N. The lowest BCUT2D eigenvalue weighted by Gasteiger charge is -2.32. The van der Waals surface area contributed by atoms with Gasteiger partial charge in [-0.2, -0.15) is 0 Å². The van der Waals surface area contributed by atoms with E-state index in [1.807, 2.05) is 0 Å². The van der Waals surface area contributed by atoms with Crippen molar-refractivity contribution in [2.75, 3.05) is 13.6 Å². The molecule has 4 atom stereocenters. The Morgan fingerprint density at radius 3 is 2.61 bits per heavy atom. The van der Waals surface area contributed by atoms with Crippen LogP contribution in [0.5, 0.6) is 0 Å². The van der Waals surface area contributed by atoms with Crippen LogP contribution in [0.2, 0.25) is 0 Å². The minimum absolute atomic E-state index is 0.869. The van der Waals surface area contributed by atoms with Crippen LogP contribution in [0.3, 0.4) is 0 Å². The van der Waals surface area contributed by atoms with Crippen LogP contribution in [0.25, 0.3) is 0 Å². The third-order valence-corrected chi connectivity index (χ3v) is 5.05. The molecule has 0 radical (unpaired) electrons. The zero-order valence-electron chi connectivity index (χ0n) is 11.4. The van der Waals surface area contributed by atoms with Crippen LogP contribution in [0, 0.1) is 17.8 Å². The van der Waals surface area contributed by atoms with Crippen LogP contribution >= 0.6 is 0 Å². The second-order valence-electron chi connectivity index (χ2n) is 6.18. The number of hydrogen-bond acceptors (Lipinski definition) is 1. The minimum Gasteiger partial charge on any atom is -0.319 e. The van der Waals surface area contributed by atoms with Gasteiger partial charge >= 0.3 is 0 Å². The van der Waals surface area contributed by atoms with Gasteiger partial charge in [0.25, 0.3) is 0 Å². The SMILES string of the molecule is CNCC1CCCCC1C1CC1c1ccccc1. The molecule has 0 aromatic heterocycles. The highest BCUT2D eigenvalue weighted by atomic mass is 14.8. The van der Waals surface area contributed by atoms with Gasteiger partial charge in [0.2, 0.25) is 0 Å². The third-order valence-electron chi connectivity index (χ3n) is 5.05. The van der Waals surface area contributed by atoms with Crippen molar-refractivity contribution in [3.8, 4) is 0 Å². The zero-order chi connectivity index (χ0) is 12.4. The first-order chi connectivity index (χ1) is 8.90. The fourth-order valence-corrected chi connectivity index (χ4v) is 4.09. The second-order valence-corrected chi connectivity index (χ2v) is 6.18. The number of hydrogen-bond donors (Lipinski definition) is 1. The van der Waals surface area contributed by atoms with Gasteiger partial charge in [-0.3, -0.25) is 0 Å². The molecule has 0 saturated heterocycles. The van der Waals surface area contributed by atoms with E-state index in [9.17, 15) is 0 Å². The van der Waals surface area contributed by atoms with Gasteiger partial charge in [-0.15, -0.1) is 0 Å². The van der Waals surface area contributed by atoms with E-state index in [1.165, 1.54) is 38.6 Å². The molecule has 2 fully saturated rings. The van der Waals surface area contributed by atoms with E-state index in [2.05, 4.69) is 42.7 Å². The lowest BCUT2D eigenvalue weighted by molar-refractivity contribution is 0.205. The maximum Gasteiger partial charge on any atom is -0.00208 e. The lowest BCUT2D eigenvalue weighted by atomic mass is 9.75. The van der Waals surface area contributed by atoms with Crippen molar-refractivity contribution >= 4 is 0 Å². The molecule has 1 heteroatoms. The van der Waals surface area contributed by atoms with Gasteiger partial charge < -0.3 is 5.32 Å². The molecule has 2 aliphatic carbocycles. The van der Waals surface area contributed by atoms with E-state index in [0.29, 0.717) is 0 Å². The second kappa shape index (κ2) is 5.44. The molecule has 18 heavy (non-hydrogen) atoms. The molecule has 4 unspecified atom stereocenters. The summed E-state index contributed by atoms with van der Waals surface area (Å²) < 4.78 is 0. The molecule has 0 heterocycles. The average molecular weight is 243 g/mol. The molecule has 98 valence electrons. The molecule has 0 spiro atoms. The van der Waals surface area contributed by atoms with Crippen molar-refractivity contribution in [2.45, 2.75) is 38.0 Å². The van der Waals surface area contributed by atoms with E-state index < -0.39 is 0 Å². The summed E-state index contributed by atoms with van der Waals surface area (Å²) in [5, 5.41) is 3.40. The topological polar surface area (TPSA) is 12.0 Å². The highest BCUT2D eigenvalue weighted by Crippen LogP contribution is 2.56. The van der Waals surface area contributed by atoms with Crippen molar-refractivity contribution in [2.24, 2.45) is 17.8 Å². The Bertz CT molecular complexity index is 370. The van der Waals surface area contributed by atoms with Crippen LogP contribution in [-0.4, -0.2) is 13.6 Å². The van der Waals surface area contributed by atoms with Gasteiger partial charge in [0.1, 0.15) is 0 Å². The molecule has 0 amide bonds. The fraction of sp³-hybridized carbons (Fsp3) is 0.647. The smallest absolute Gasteiger partial charge is 0.00208 e. The predicted octanol–water partition coefficient (Wildman–Crippen LogP) is 3.82. The molecule has 3 rings (SSSR count). The molecule has 1 N–H and O–H groups in total. The number of rotatable bonds is 4. The van der Waals surface area contributed by atoms with Crippen molar-refractivity contribution in [1.29, 1.82) is 0 Å². The summed E-state index contributed by atoms with van der Waals surface area (Å²) in [6.07, 6.45) is 7.27. The minimum atomic E-state index is 0.869. The number of nitrogens with one attached hydrogen (secondary N) is 1. The number of benzene rings is 1. The maximum atomic E-state index is 3.40. The fourth-order valence-electron chi connectivity index (χ4n) is 4.09. The monoisotopic (exact) mass is 243 g/mol. The first-order valence-corrected chi connectivity index (χ1v) is 7.59. The van der Waals surface area contributed by atoms with Crippen LogP contribution in [0.1, 0.15) is 43.6 Å². The Balaban J connectivity index is 1.65. The largest absolute Gasteiger partial charge is 0.319 e. The van der Waals surface area contributed by atoms with E-state index in [4.69, 9.17) is 0 Å². The normalized spacial score (nSPS) is 35.4. The van der Waals surface area contributed by atoms with Crippen molar-refractivity contribution in [3.63, 3.8) is 0 Å². The first kappa shape index (κ1) is 12.2. The van der Waals surface area contributed by atoms with E-state index in [1.54, 1.807) is 5.56 Å². The lowest BCUT2D eigenvalue weighted by Crippen LogP contribution is -2.30. The highest BCUT2D eigenvalue weighted by Gasteiger charge is 2.46. The Morgan fingerprint density at radius 1 is 1.06 bits per heavy atom. The average Bonchev–Trinajstić information content (AvgIpc) is 3.21. The Hall–Kier alpha value is -0.820. The highest BCUT2D eigenvalue weighted by molar-refractivity contribution is 5.26. The Kier molecular flexibility index (Phi) is 3.69. The molecule has 2 aliphatic rings. The zero-order valence-corrected chi connectivity index (χ0v) is 11.4. The van der Waals surface area contributed by atoms with Gasteiger partial charge in [-0.25, -0.2) is 0 Å². The molecule has 0 aliphatic heterocycles. The standard InChI is InChI=1S/C17H25N/c1-18-12-14-9-5-6-10-15(14)17-11-16(17)13-7-3-2-4-8-13/h2-4,7-8,14-18H,5-6,9-12H2,1H3. The molecule has 1 nitrogen and oxygen atoms in total. The van der Waals surface area contributed by atoms with Gasteiger partial charge in [0.15, 0.2) is 0 Å². The van der Waals surface area contributed by atoms with Crippen molar-refractivity contribution < 1.29 is 0 Å². The summed E-state index contributed by atoms with van der Waals surface area (Å²) >= 11 is 0. The Morgan fingerprint density at radius 2 is 1.83 bits per heavy atom. The van der Waals surface area contributed by atoms with Gasteiger partial charge in [-0.05, 0) is 62.1 Å². The third kappa shape index (κ3) is 2.47. The molecule has 0 bridgehead atoms. The molecule has 1 aromatic carbocycles. The molecule has 2 saturated carbocycles. The summed E-state index contributed by atoms with van der Waals surface area (Å²) in [6, 6.07) is 11.2. The van der Waals surface area contributed by atoms with Crippen molar-refractivity contribution in [1.82, 2.24) is 5.32 Å². The summed E-state index contributed by atoms with van der Waals surface area (Å²) in [7, 11) is 2.10. The van der Waals surface area contributed by atoms with Gasteiger partial charge in [0, 0.05) is 0 Å². The molecule has 1 aromatic rings. The summed E-state index contributed by atoms with van der Waals surface area (Å²) in [5.74, 6) is 3.76. The Labute approximate surface area is 111 Å². The first-order valence-electron chi connectivity index (χ1n) is 7.59.